The molecule has 0 amide bonds. The van der Waals surface area contributed by atoms with E-state index in [-0.39, 0.29) is 17.8 Å². The smallest absolute Gasteiger partial charge is 0.328 e. The lowest BCUT2D eigenvalue weighted by Gasteiger charge is -2.35. The van der Waals surface area contributed by atoms with Crippen molar-refractivity contribution < 1.29 is 38.8 Å². The molecule has 0 saturated carbocycles. The summed E-state index contributed by atoms with van der Waals surface area (Å²) < 4.78 is 17.0. The molecule has 35 heavy (non-hydrogen) atoms. The number of hydrogen-bond acceptors (Lipinski definition) is 7. The molecule has 1 fully saturated rings. The molecule has 2 heterocycles. The Kier molecular flexibility index (Phi) is 9.25. The fourth-order valence-corrected chi connectivity index (χ4v) is 3.95. The standard InChI is InChI=1S/C22H25NO4.C4H4O4/c1-25-18-8-6-16(7-9-18)22(24)17-10-12-23(13-11-17)14-19-15-26-20-4-2-3-5-21(20)27-19;5-3(6)1-2-4(7)8/h2-9,17,19H,10-15H2,1H3;1-2H,(H,5,6)(H,7,8). The molecule has 2 aromatic rings. The van der Waals surface area contributed by atoms with Crippen LogP contribution in [-0.2, 0) is 9.59 Å². The van der Waals surface area contributed by atoms with Crippen LogP contribution < -0.4 is 14.2 Å². The van der Waals surface area contributed by atoms with E-state index in [2.05, 4.69) is 4.90 Å². The van der Waals surface area contributed by atoms with Gasteiger partial charge in [-0.1, -0.05) is 12.1 Å². The second kappa shape index (κ2) is 12.6. The lowest BCUT2D eigenvalue weighted by molar-refractivity contribution is -0.134. The molecule has 2 N–H and O–H groups in total. The molecule has 2 aromatic carbocycles. The Morgan fingerprint density at radius 3 is 2.14 bits per heavy atom. The SMILES string of the molecule is COc1ccc(C(=O)C2CCN(CC3COc4ccccc4O3)CC2)cc1.O=C(O)C=CC(=O)O. The summed E-state index contributed by atoms with van der Waals surface area (Å²) in [5.74, 6) is 0.232. The monoisotopic (exact) mass is 483 g/mol. The number of rotatable bonds is 7. The molecular formula is C26H29NO8. The highest BCUT2D eigenvalue weighted by Crippen LogP contribution is 2.31. The van der Waals surface area contributed by atoms with Crippen LogP contribution in [0.2, 0.25) is 0 Å². The summed E-state index contributed by atoms with van der Waals surface area (Å²) in [6.45, 7) is 3.22. The van der Waals surface area contributed by atoms with Crippen LogP contribution in [0.3, 0.4) is 0 Å². The third-order valence-electron chi connectivity index (χ3n) is 5.73. The zero-order valence-corrected chi connectivity index (χ0v) is 19.5. The number of nitrogens with zero attached hydrogens (tertiary/aromatic N) is 1. The van der Waals surface area contributed by atoms with Gasteiger partial charge in [-0.15, -0.1) is 0 Å². The largest absolute Gasteiger partial charge is 0.497 e. The predicted molar refractivity (Wildman–Crippen MR) is 127 cm³/mol. The number of ketones is 1. The van der Waals surface area contributed by atoms with Crippen LogP contribution in [0.4, 0.5) is 0 Å². The van der Waals surface area contributed by atoms with Gasteiger partial charge in [-0.2, -0.15) is 0 Å². The number of benzene rings is 2. The van der Waals surface area contributed by atoms with E-state index < -0.39 is 11.9 Å². The van der Waals surface area contributed by atoms with Crippen molar-refractivity contribution in [3.05, 3.63) is 66.2 Å². The Morgan fingerprint density at radius 2 is 1.57 bits per heavy atom. The molecular weight excluding hydrogens is 454 g/mol. The normalized spacial score (nSPS) is 17.8. The number of carboxylic acids is 2. The van der Waals surface area contributed by atoms with Crippen molar-refractivity contribution in [2.45, 2.75) is 18.9 Å². The summed E-state index contributed by atoms with van der Waals surface area (Å²) in [6, 6.07) is 15.2. The first-order valence-electron chi connectivity index (χ1n) is 11.3. The molecule has 2 aliphatic heterocycles. The second-order valence-electron chi connectivity index (χ2n) is 8.18. The molecule has 9 heteroatoms. The first-order valence-corrected chi connectivity index (χ1v) is 11.3. The van der Waals surface area contributed by atoms with Gasteiger partial charge in [-0.25, -0.2) is 9.59 Å². The number of aliphatic carboxylic acids is 2. The highest BCUT2D eigenvalue weighted by molar-refractivity contribution is 5.98. The highest BCUT2D eigenvalue weighted by Gasteiger charge is 2.29. The maximum atomic E-state index is 12.7. The van der Waals surface area contributed by atoms with Crippen molar-refractivity contribution in [3.63, 3.8) is 0 Å². The summed E-state index contributed by atoms with van der Waals surface area (Å²) in [6.07, 6.45) is 2.92. The minimum atomic E-state index is -1.26. The Bertz CT molecular complexity index is 1030. The van der Waals surface area contributed by atoms with Crippen LogP contribution in [0.1, 0.15) is 23.2 Å². The number of ether oxygens (including phenoxy) is 3. The van der Waals surface area contributed by atoms with E-state index in [0.717, 1.165) is 55.3 Å². The number of carbonyl (C=O) groups is 3. The summed E-state index contributed by atoms with van der Waals surface area (Å²) in [4.78, 5) is 34.2. The van der Waals surface area contributed by atoms with E-state index in [1.54, 1.807) is 7.11 Å². The van der Waals surface area contributed by atoms with Gasteiger partial charge in [0.05, 0.1) is 7.11 Å². The molecule has 9 nitrogen and oxygen atoms in total. The molecule has 186 valence electrons. The van der Waals surface area contributed by atoms with Gasteiger partial charge in [0.1, 0.15) is 18.5 Å². The van der Waals surface area contributed by atoms with Crippen molar-refractivity contribution in [3.8, 4) is 17.2 Å². The first kappa shape index (κ1) is 25.8. The molecule has 0 aliphatic carbocycles. The quantitative estimate of drug-likeness (QED) is 0.452. The minimum Gasteiger partial charge on any atom is -0.497 e. The van der Waals surface area contributed by atoms with E-state index >= 15 is 0 Å². The van der Waals surface area contributed by atoms with Crippen LogP contribution in [0.25, 0.3) is 0 Å². The molecule has 1 saturated heterocycles. The van der Waals surface area contributed by atoms with E-state index in [1.807, 2.05) is 48.5 Å². The second-order valence-corrected chi connectivity index (χ2v) is 8.18. The number of Topliss-reactive ketones (excluding diaryl/α,β-unsaturated/α-hetero) is 1. The molecule has 0 spiro atoms. The van der Waals surface area contributed by atoms with Crippen LogP contribution in [0.5, 0.6) is 17.2 Å². The molecule has 0 bridgehead atoms. The highest BCUT2D eigenvalue weighted by atomic mass is 16.6. The number of carboxylic acid groups (broad SMARTS) is 2. The molecule has 1 unspecified atom stereocenters. The Morgan fingerprint density at radius 1 is 0.971 bits per heavy atom. The zero-order chi connectivity index (χ0) is 25.2. The fraction of sp³-hybridized carbons (Fsp3) is 0.346. The van der Waals surface area contributed by atoms with Crippen LogP contribution >= 0.6 is 0 Å². The molecule has 0 aromatic heterocycles. The number of fused-ring (bicyclic) bond motifs is 1. The Labute approximate surface area is 203 Å². The van der Waals surface area contributed by atoms with Gasteiger partial charge < -0.3 is 24.4 Å². The van der Waals surface area contributed by atoms with E-state index in [0.29, 0.717) is 18.8 Å². The predicted octanol–water partition coefficient (Wildman–Crippen LogP) is 3.14. The fourth-order valence-electron chi connectivity index (χ4n) is 3.95. The average Bonchev–Trinajstić information content (AvgIpc) is 2.88. The van der Waals surface area contributed by atoms with Crippen molar-refractivity contribution in [1.82, 2.24) is 4.90 Å². The van der Waals surface area contributed by atoms with Gasteiger partial charge in [0.25, 0.3) is 0 Å². The third-order valence-corrected chi connectivity index (χ3v) is 5.73. The number of hydrogen-bond donors (Lipinski definition) is 2. The first-order chi connectivity index (χ1) is 16.9. The maximum absolute atomic E-state index is 12.7. The summed E-state index contributed by atoms with van der Waals surface area (Å²) in [5.41, 5.74) is 0.773. The summed E-state index contributed by atoms with van der Waals surface area (Å²) in [5, 5.41) is 15.6. The van der Waals surface area contributed by atoms with Crippen molar-refractivity contribution in [1.29, 1.82) is 0 Å². The van der Waals surface area contributed by atoms with Gasteiger partial charge in [-0.05, 0) is 62.3 Å². The van der Waals surface area contributed by atoms with Gasteiger partial charge in [0.2, 0.25) is 0 Å². The number of likely N-dealkylation sites (tertiary alicyclic amines) is 1. The Balaban J connectivity index is 0.000000371. The van der Waals surface area contributed by atoms with Gasteiger partial charge in [0, 0.05) is 30.2 Å². The Hall–Kier alpha value is -3.85. The van der Waals surface area contributed by atoms with Crippen LogP contribution in [0.15, 0.2) is 60.7 Å². The van der Waals surface area contributed by atoms with Gasteiger partial charge >= 0.3 is 11.9 Å². The lowest BCUT2D eigenvalue weighted by atomic mass is 9.89. The number of methoxy groups -OCH3 is 1. The van der Waals surface area contributed by atoms with Crippen molar-refractivity contribution in [2.24, 2.45) is 5.92 Å². The number of carbonyl (C=O) groups excluding carboxylic acids is 1. The summed E-state index contributed by atoms with van der Waals surface area (Å²) in [7, 11) is 1.63. The third kappa shape index (κ3) is 7.86. The summed E-state index contributed by atoms with van der Waals surface area (Å²) >= 11 is 0. The lowest BCUT2D eigenvalue weighted by Crippen LogP contribution is -2.45. The topological polar surface area (TPSA) is 123 Å². The molecule has 0 radical (unpaired) electrons. The molecule has 1 atom stereocenters. The van der Waals surface area contributed by atoms with Gasteiger partial charge in [-0.3, -0.25) is 9.69 Å². The van der Waals surface area contributed by atoms with Crippen molar-refractivity contribution in [2.75, 3.05) is 33.4 Å². The number of piperidine rings is 1. The zero-order valence-electron chi connectivity index (χ0n) is 19.5. The maximum Gasteiger partial charge on any atom is 0.328 e. The number of para-hydroxylation sites is 2. The van der Waals surface area contributed by atoms with E-state index in [4.69, 9.17) is 24.4 Å². The van der Waals surface area contributed by atoms with E-state index in [9.17, 15) is 14.4 Å². The molecule has 4 rings (SSSR count). The van der Waals surface area contributed by atoms with E-state index in [1.165, 1.54) is 0 Å². The van der Waals surface area contributed by atoms with Crippen molar-refractivity contribution >= 4 is 17.7 Å². The minimum absolute atomic E-state index is 0.0359. The average molecular weight is 484 g/mol. The van der Waals surface area contributed by atoms with Crippen LogP contribution in [0, 0.1) is 5.92 Å². The van der Waals surface area contributed by atoms with Gasteiger partial charge in [0.15, 0.2) is 17.3 Å². The molecule has 2 aliphatic rings. The van der Waals surface area contributed by atoms with Crippen LogP contribution in [-0.4, -0.2) is 72.3 Å².